The van der Waals surface area contributed by atoms with Crippen molar-refractivity contribution >= 4 is 5.97 Å². The highest BCUT2D eigenvalue weighted by molar-refractivity contribution is 5.84. The van der Waals surface area contributed by atoms with Crippen LogP contribution in [0, 0.1) is 39.4 Å². The van der Waals surface area contributed by atoms with Gasteiger partial charge in [-0.1, -0.05) is 39.3 Å². The van der Waals surface area contributed by atoms with Crippen molar-refractivity contribution in [3.8, 4) is 0 Å². The van der Waals surface area contributed by atoms with Gasteiger partial charge in [0.1, 0.15) is 121 Å². The normalized spacial score (nSPS) is 55.5. The van der Waals surface area contributed by atoms with Crippen LogP contribution in [0.1, 0.15) is 107 Å². The summed E-state index contributed by atoms with van der Waals surface area (Å²) in [5.41, 5.74) is -3.10. The number of aliphatic hydroxyl groups is 15. The molecule has 498 valence electrons. The number of cyclic esters (lactones) is 1. The average molecular weight is 1250 g/mol. The number of aliphatic hydroxyl groups excluding tert-OH is 15. The third kappa shape index (κ3) is 10.6. The van der Waals surface area contributed by atoms with E-state index in [0.29, 0.717) is 25.7 Å². The number of rotatable bonds is 14. The first-order valence-corrected chi connectivity index (χ1v) is 31.0. The molecule has 0 aromatic heterocycles. The Kier molecular flexibility index (Phi) is 18.5. The Morgan fingerprint density at radius 2 is 1.07 bits per heavy atom. The molecule has 0 radical (unpaired) electrons. The van der Waals surface area contributed by atoms with E-state index in [0.717, 1.165) is 31.3 Å². The molecule has 3 saturated carbocycles. The lowest BCUT2D eigenvalue weighted by Gasteiger charge is -2.64. The van der Waals surface area contributed by atoms with Gasteiger partial charge in [0.25, 0.3) is 0 Å². The molecule has 28 heteroatoms. The van der Waals surface area contributed by atoms with E-state index >= 15 is 0 Å². The van der Waals surface area contributed by atoms with Gasteiger partial charge in [-0.15, -0.1) is 0 Å². The third-order valence-electron chi connectivity index (χ3n) is 22.9. The standard InChI is InChI=1S/C59H94O28/c1-22-45(83-51-44(74)46(36(66)27(20-62)80-51)84-50-42(72)39(69)35(65)26(19-61)79-50)40(70)43(73)48(77-22)85-47-37(67)28(81-49-41(71)38(68)34(64)25(18-60)78-49)21-76-52(47)82-32-13-15-56(6)24-17-31(63)59-30(58(8,87-53(59)75)33-12-14-54(2,3)86-33)11-16-57(59,7)23(24)9-10-29(56)55(32,4)5/h17,22-23,25-52,60-74H,9-16,18-21H2,1-8H3/t22?,23?,25?,26?,27?,28?,29?,30?,31-,32-,33?,34?,35?,36?,37-,38-,39-,40+,41-,42-,43-,44-,45?,46-,47-,48?,49?,50?,51?,52?,56+,57-,58+,59?/m0/s1. The smallest absolute Gasteiger partial charge is 0.316 e. The monoisotopic (exact) mass is 1250 g/mol. The van der Waals surface area contributed by atoms with Crippen molar-refractivity contribution in [1.29, 1.82) is 0 Å². The van der Waals surface area contributed by atoms with Crippen LogP contribution in [0.3, 0.4) is 0 Å². The quantitative estimate of drug-likeness (QED) is 0.0447. The van der Waals surface area contributed by atoms with Crippen molar-refractivity contribution in [2.75, 3.05) is 26.4 Å². The minimum absolute atomic E-state index is 0.0437. The summed E-state index contributed by atoms with van der Waals surface area (Å²) in [5.74, 6) is -0.736. The van der Waals surface area contributed by atoms with Gasteiger partial charge in [-0.2, -0.15) is 0 Å². The van der Waals surface area contributed by atoms with Crippen molar-refractivity contribution in [1.82, 2.24) is 0 Å². The molecule has 87 heavy (non-hydrogen) atoms. The first-order chi connectivity index (χ1) is 40.8. The topological polar surface area (TPSA) is 431 Å². The Hall–Kier alpha value is -1.83. The summed E-state index contributed by atoms with van der Waals surface area (Å²) >= 11 is 0. The second-order valence-electron chi connectivity index (χ2n) is 28.5. The number of carbonyl (C=O) groups is 1. The Morgan fingerprint density at radius 1 is 0.517 bits per heavy atom. The molecule has 7 heterocycles. The van der Waals surface area contributed by atoms with Crippen LogP contribution in [0.2, 0.25) is 0 Å². The van der Waals surface area contributed by atoms with Crippen LogP contribution in [0.25, 0.3) is 0 Å². The summed E-state index contributed by atoms with van der Waals surface area (Å²) in [5, 5.41) is 165. The zero-order valence-corrected chi connectivity index (χ0v) is 50.4. The van der Waals surface area contributed by atoms with E-state index in [1.807, 2.05) is 26.8 Å². The molecule has 0 bridgehead atoms. The van der Waals surface area contributed by atoms with Crippen molar-refractivity contribution < 1.29 is 138 Å². The maximum absolute atomic E-state index is 14.7. The molecular formula is C59H94O28. The van der Waals surface area contributed by atoms with Gasteiger partial charge in [0.05, 0.1) is 56.4 Å². The van der Waals surface area contributed by atoms with E-state index in [2.05, 4.69) is 27.7 Å². The minimum Gasteiger partial charge on any atom is -0.456 e. The molecule has 10 fully saturated rings. The van der Waals surface area contributed by atoms with Gasteiger partial charge < -0.3 is 133 Å². The Morgan fingerprint density at radius 3 is 1.67 bits per heavy atom. The average Bonchev–Trinajstić information content (AvgIpc) is 1.55. The molecule has 1 spiro atoms. The number of hydrogen-bond donors (Lipinski definition) is 15. The number of ether oxygens (including phenoxy) is 12. The lowest BCUT2D eigenvalue weighted by Crippen LogP contribution is -2.67. The van der Waals surface area contributed by atoms with Gasteiger partial charge in [-0.05, 0) is 107 Å². The van der Waals surface area contributed by atoms with E-state index in [-0.39, 0.29) is 35.4 Å². The van der Waals surface area contributed by atoms with Crippen molar-refractivity contribution in [3.05, 3.63) is 11.6 Å². The zero-order valence-electron chi connectivity index (χ0n) is 50.4. The van der Waals surface area contributed by atoms with E-state index in [1.165, 1.54) is 6.92 Å². The predicted octanol–water partition coefficient (Wildman–Crippen LogP) is -4.04. The number of esters is 1. The molecule has 0 amide bonds. The Bertz CT molecular complexity index is 2470. The highest BCUT2D eigenvalue weighted by Gasteiger charge is 2.80. The molecule has 15 N–H and O–H groups in total. The van der Waals surface area contributed by atoms with Crippen molar-refractivity contribution in [2.24, 2.45) is 39.4 Å². The summed E-state index contributed by atoms with van der Waals surface area (Å²) in [6.07, 6.45) is -36.2. The molecule has 7 saturated heterocycles. The maximum atomic E-state index is 14.7. The van der Waals surface area contributed by atoms with Gasteiger partial charge >= 0.3 is 5.97 Å². The first-order valence-electron chi connectivity index (χ1n) is 31.0. The van der Waals surface area contributed by atoms with Crippen LogP contribution in [0.15, 0.2) is 11.6 Å². The van der Waals surface area contributed by atoms with Crippen LogP contribution in [0.4, 0.5) is 0 Å². The minimum atomic E-state index is -2.03. The summed E-state index contributed by atoms with van der Waals surface area (Å²) in [7, 11) is 0. The second kappa shape index (κ2) is 24.2. The molecule has 28 nitrogen and oxygen atoms in total. The van der Waals surface area contributed by atoms with Gasteiger partial charge in [-0.3, -0.25) is 4.79 Å². The van der Waals surface area contributed by atoms with Crippen molar-refractivity contribution in [3.63, 3.8) is 0 Å². The molecular weight excluding hydrogens is 1160 g/mol. The fourth-order valence-electron chi connectivity index (χ4n) is 17.9. The number of allylic oxidation sites excluding steroid dienone is 1. The van der Waals surface area contributed by atoms with Gasteiger partial charge in [0.15, 0.2) is 31.5 Å². The van der Waals surface area contributed by atoms with Gasteiger partial charge in [-0.25, -0.2) is 0 Å². The summed E-state index contributed by atoms with van der Waals surface area (Å²) < 4.78 is 73.4. The lowest BCUT2D eigenvalue weighted by molar-refractivity contribution is -0.394. The highest BCUT2D eigenvalue weighted by atomic mass is 16.8. The molecule has 11 aliphatic rings. The van der Waals surface area contributed by atoms with E-state index in [1.54, 1.807) is 0 Å². The number of fused-ring (bicyclic) bond motifs is 4. The highest BCUT2D eigenvalue weighted by Crippen LogP contribution is 2.76. The van der Waals surface area contributed by atoms with Crippen LogP contribution in [-0.4, -0.2) is 286 Å². The molecule has 11 rings (SSSR count). The lowest BCUT2D eigenvalue weighted by atomic mass is 9.40. The fraction of sp³-hybridized carbons (Fsp3) is 0.949. The van der Waals surface area contributed by atoms with Crippen LogP contribution in [-0.2, 0) is 61.6 Å². The number of hydrogen-bond acceptors (Lipinski definition) is 28. The molecule has 7 aliphatic heterocycles. The fourth-order valence-corrected chi connectivity index (χ4v) is 17.9. The summed E-state index contributed by atoms with van der Waals surface area (Å²) in [6.45, 7) is 13.2. The SMILES string of the molecule is CC1OC(O[C@@H]2C(O[C@H]3CC[C@]4(C)C5=C[C@H](O)C67C(=O)O[C@@](C)(C8CCC(C)(C)O8)C6CC[C@@]7(C)C5CCC4C3(C)C)OCC(OC3OC(CO)C(O)[C@H](O)[C@@H]3O)[C@@H]2O)[C@@H](O)[C@@H](O)C1OC1OC(CO)C(O)[C@H](OC2OC(CO)C(O)[C@H](O)[C@@H]2O)[C@@H]1O. The van der Waals surface area contributed by atoms with Gasteiger partial charge in [0.2, 0.25) is 0 Å². The molecule has 0 aromatic rings. The summed E-state index contributed by atoms with van der Waals surface area (Å²) in [6, 6.07) is 0. The van der Waals surface area contributed by atoms with E-state index < -0.39 is 213 Å². The number of carbonyl (C=O) groups excluding carboxylic acids is 1. The predicted molar refractivity (Wildman–Crippen MR) is 289 cm³/mol. The Balaban J connectivity index is 0.819. The van der Waals surface area contributed by atoms with E-state index in [9.17, 15) is 81.4 Å². The first kappa shape index (κ1) is 66.6. The summed E-state index contributed by atoms with van der Waals surface area (Å²) in [4.78, 5) is 14.7. The second-order valence-corrected chi connectivity index (χ2v) is 28.5. The van der Waals surface area contributed by atoms with Crippen molar-refractivity contribution in [2.45, 2.75) is 284 Å². The van der Waals surface area contributed by atoms with E-state index in [4.69, 9.17) is 56.8 Å². The largest absolute Gasteiger partial charge is 0.456 e. The molecule has 34 atom stereocenters. The third-order valence-corrected chi connectivity index (χ3v) is 22.9. The van der Waals surface area contributed by atoms with Crippen LogP contribution in [0.5, 0.6) is 0 Å². The van der Waals surface area contributed by atoms with Crippen LogP contribution >= 0.6 is 0 Å². The Labute approximate surface area is 504 Å². The molecule has 4 aliphatic carbocycles. The van der Waals surface area contributed by atoms with Crippen LogP contribution < -0.4 is 0 Å². The van der Waals surface area contributed by atoms with Gasteiger partial charge in [0, 0.05) is 5.92 Å². The maximum Gasteiger partial charge on any atom is 0.316 e. The zero-order chi connectivity index (χ0) is 63.2. The molecule has 0 aromatic carbocycles. The molecule has 19 unspecified atom stereocenters.